The summed E-state index contributed by atoms with van der Waals surface area (Å²) in [6.07, 6.45) is 0. The van der Waals surface area contributed by atoms with Crippen LogP contribution in [0.2, 0.25) is 0 Å². The molecule has 0 bridgehead atoms. The molecule has 0 aliphatic heterocycles. The number of benzene rings is 2. The van der Waals surface area contributed by atoms with Crippen LogP contribution in [0.1, 0.15) is 30.4 Å². The molecule has 0 atom stereocenters. The number of methoxy groups -OCH3 is 1. The number of carbonyl (C=O) groups is 1. The first-order valence-corrected chi connectivity index (χ1v) is 7.99. The van der Waals surface area contributed by atoms with Gasteiger partial charge >= 0.3 is 0 Å². The lowest BCUT2D eigenvalue weighted by Gasteiger charge is -2.14. The topological polar surface area (TPSA) is 73.2 Å². The number of ether oxygens (including phenoxy) is 1. The maximum Gasteiger partial charge on any atom is 0.276 e. The minimum atomic E-state index is -0.393. The third-order valence-electron chi connectivity index (χ3n) is 3.89. The Balaban J connectivity index is 2.13. The van der Waals surface area contributed by atoms with E-state index in [-0.39, 0.29) is 17.3 Å². The van der Waals surface area contributed by atoms with E-state index in [1.807, 2.05) is 19.9 Å². The third-order valence-corrected chi connectivity index (χ3v) is 3.89. The van der Waals surface area contributed by atoms with Crippen LogP contribution < -0.4 is 15.6 Å². The van der Waals surface area contributed by atoms with Crippen LogP contribution >= 0.6 is 0 Å². The number of rotatable bonds is 4. The van der Waals surface area contributed by atoms with Crippen molar-refractivity contribution >= 4 is 22.4 Å². The van der Waals surface area contributed by atoms with Crippen molar-refractivity contribution in [1.29, 1.82) is 0 Å². The monoisotopic (exact) mass is 337 g/mol. The first-order valence-electron chi connectivity index (χ1n) is 7.99. The molecule has 3 rings (SSSR count). The number of hydrogen-bond acceptors (Lipinski definition) is 4. The van der Waals surface area contributed by atoms with E-state index in [2.05, 4.69) is 10.4 Å². The number of carbonyl (C=O) groups excluding carboxylic acids is 1. The van der Waals surface area contributed by atoms with Crippen molar-refractivity contribution in [3.63, 3.8) is 0 Å². The zero-order chi connectivity index (χ0) is 18.0. The molecule has 0 saturated heterocycles. The van der Waals surface area contributed by atoms with Crippen LogP contribution in [0.3, 0.4) is 0 Å². The molecule has 0 radical (unpaired) electrons. The number of fused-ring (bicyclic) bond motifs is 1. The van der Waals surface area contributed by atoms with E-state index in [9.17, 15) is 9.59 Å². The molecule has 0 aliphatic carbocycles. The molecule has 0 fully saturated rings. The summed E-state index contributed by atoms with van der Waals surface area (Å²) in [5.41, 5.74) is 0.539. The summed E-state index contributed by atoms with van der Waals surface area (Å²) in [7, 11) is 1.54. The van der Waals surface area contributed by atoms with E-state index in [0.29, 0.717) is 22.2 Å². The molecule has 6 nitrogen and oxygen atoms in total. The van der Waals surface area contributed by atoms with Crippen molar-refractivity contribution in [2.75, 3.05) is 12.4 Å². The van der Waals surface area contributed by atoms with E-state index in [1.54, 1.807) is 42.5 Å². The van der Waals surface area contributed by atoms with Gasteiger partial charge in [-0.05, 0) is 32.0 Å². The lowest BCUT2D eigenvalue weighted by atomic mass is 10.1. The van der Waals surface area contributed by atoms with Crippen LogP contribution in [-0.2, 0) is 0 Å². The molecule has 1 heterocycles. The van der Waals surface area contributed by atoms with Gasteiger partial charge in [0.2, 0.25) is 0 Å². The summed E-state index contributed by atoms with van der Waals surface area (Å²) in [4.78, 5) is 25.4. The quantitative estimate of drug-likeness (QED) is 0.793. The van der Waals surface area contributed by atoms with E-state index in [4.69, 9.17) is 4.74 Å². The van der Waals surface area contributed by atoms with Crippen LogP contribution in [0.15, 0.2) is 53.3 Å². The molecule has 0 aliphatic rings. The van der Waals surface area contributed by atoms with Gasteiger partial charge in [0.15, 0.2) is 5.69 Å². The van der Waals surface area contributed by atoms with Crippen LogP contribution in [0.25, 0.3) is 10.8 Å². The summed E-state index contributed by atoms with van der Waals surface area (Å²) in [5, 5.41) is 8.11. The number of amides is 1. The van der Waals surface area contributed by atoms with Crippen LogP contribution in [0.5, 0.6) is 5.75 Å². The second-order valence-electron chi connectivity index (χ2n) is 5.89. The summed E-state index contributed by atoms with van der Waals surface area (Å²) in [5.74, 6) is 0.160. The van der Waals surface area contributed by atoms with Crippen LogP contribution in [0, 0.1) is 0 Å². The fraction of sp³-hybridized carbons (Fsp3) is 0.211. The fourth-order valence-electron chi connectivity index (χ4n) is 2.65. The summed E-state index contributed by atoms with van der Waals surface area (Å²) >= 11 is 0. The fourth-order valence-corrected chi connectivity index (χ4v) is 2.65. The highest BCUT2D eigenvalue weighted by atomic mass is 16.5. The number of nitrogens with one attached hydrogen (secondary N) is 1. The van der Waals surface area contributed by atoms with Gasteiger partial charge in [-0.25, -0.2) is 4.68 Å². The molecule has 1 aromatic heterocycles. The molecule has 128 valence electrons. The first kappa shape index (κ1) is 16.7. The first-order chi connectivity index (χ1) is 12.0. The van der Waals surface area contributed by atoms with Crippen molar-refractivity contribution < 1.29 is 9.53 Å². The Morgan fingerprint density at radius 1 is 1.08 bits per heavy atom. The number of aromatic nitrogens is 2. The molecule has 0 unspecified atom stereocenters. The molecule has 1 amide bonds. The van der Waals surface area contributed by atoms with Crippen LogP contribution in [0.4, 0.5) is 5.69 Å². The minimum absolute atomic E-state index is 0.157. The van der Waals surface area contributed by atoms with Gasteiger partial charge in [-0.2, -0.15) is 5.10 Å². The Bertz CT molecular complexity index is 993. The Kier molecular flexibility index (Phi) is 4.52. The Hall–Kier alpha value is -3.15. The van der Waals surface area contributed by atoms with Gasteiger partial charge in [0, 0.05) is 5.39 Å². The van der Waals surface area contributed by atoms with Crippen molar-refractivity contribution in [2.45, 2.75) is 19.9 Å². The van der Waals surface area contributed by atoms with Gasteiger partial charge in [-0.3, -0.25) is 9.59 Å². The number of hydrogen-bond donors (Lipinski definition) is 1. The van der Waals surface area contributed by atoms with E-state index in [1.165, 1.54) is 11.8 Å². The average molecular weight is 337 g/mol. The predicted octanol–water partition coefficient (Wildman–Crippen LogP) is 3.24. The predicted molar refractivity (Wildman–Crippen MR) is 97.3 cm³/mol. The van der Waals surface area contributed by atoms with Crippen molar-refractivity contribution in [3.8, 4) is 5.75 Å². The van der Waals surface area contributed by atoms with E-state index in [0.717, 1.165) is 0 Å². The standard InChI is InChI=1S/C19H19N3O3/c1-12(2)22-19(24)14-9-5-4-8-13(14)17(21-22)18(23)20-15-10-6-7-11-16(15)25-3/h4-12H,1-3H3,(H,20,23). The number of para-hydroxylation sites is 2. The number of nitrogens with zero attached hydrogens (tertiary/aromatic N) is 2. The van der Waals surface area contributed by atoms with Gasteiger partial charge in [-0.1, -0.05) is 30.3 Å². The maximum atomic E-state index is 12.8. The summed E-state index contributed by atoms with van der Waals surface area (Å²) in [6, 6.07) is 14.0. The maximum absolute atomic E-state index is 12.8. The molecular weight excluding hydrogens is 318 g/mol. The molecule has 1 N–H and O–H groups in total. The molecule has 2 aromatic carbocycles. The Morgan fingerprint density at radius 3 is 2.40 bits per heavy atom. The second kappa shape index (κ2) is 6.76. The third kappa shape index (κ3) is 3.10. The molecule has 6 heteroatoms. The highest BCUT2D eigenvalue weighted by Gasteiger charge is 2.18. The number of anilines is 1. The SMILES string of the molecule is COc1ccccc1NC(=O)c1nn(C(C)C)c(=O)c2ccccc12. The molecule has 0 spiro atoms. The largest absolute Gasteiger partial charge is 0.495 e. The zero-order valence-corrected chi connectivity index (χ0v) is 14.3. The lowest BCUT2D eigenvalue weighted by molar-refractivity contribution is 0.102. The second-order valence-corrected chi connectivity index (χ2v) is 5.89. The smallest absolute Gasteiger partial charge is 0.276 e. The minimum Gasteiger partial charge on any atom is -0.495 e. The highest BCUT2D eigenvalue weighted by molar-refractivity contribution is 6.11. The van der Waals surface area contributed by atoms with Gasteiger partial charge in [0.05, 0.1) is 24.2 Å². The summed E-state index contributed by atoms with van der Waals surface area (Å²) in [6.45, 7) is 3.70. The van der Waals surface area contributed by atoms with E-state index >= 15 is 0 Å². The molecular formula is C19H19N3O3. The van der Waals surface area contributed by atoms with Gasteiger partial charge in [-0.15, -0.1) is 0 Å². The normalized spacial score (nSPS) is 10.9. The average Bonchev–Trinajstić information content (AvgIpc) is 2.62. The zero-order valence-electron chi connectivity index (χ0n) is 14.3. The van der Waals surface area contributed by atoms with Crippen molar-refractivity contribution in [2.24, 2.45) is 0 Å². The van der Waals surface area contributed by atoms with Crippen molar-refractivity contribution in [1.82, 2.24) is 9.78 Å². The van der Waals surface area contributed by atoms with Crippen LogP contribution in [-0.4, -0.2) is 22.8 Å². The summed E-state index contributed by atoms with van der Waals surface area (Å²) < 4.78 is 6.59. The molecule has 3 aromatic rings. The van der Waals surface area contributed by atoms with Gasteiger partial charge in [0.1, 0.15) is 5.75 Å². The highest BCUT2D eigenvalue weighted by Crippen LogP contribution is 2.24. The van der Waals surface area contributed by atoms with Gasteiger partial charge in [0.25, 0.3) is 11.5 Å². The Labute approximate surface area is 145 Å². The van der Waals surface area contributed by atoms with Crippen molar-refractivity contribution in [3.05, 3.63) is 64.6 Å². The lowest BCUT2D eigenvalue weighted by Crippen LogP contribution is -2.29. The van der Waals surface area contributed by atoms with E-state index < -0.39 is 5.91 Å². The van der Waals surface area contributed by atoms with Gasteiger partial charge < -0.3 is 10.1 Å². The Morgan fingerprint density at radius 2 is 1.72 bits per heavy atom. The molecule has 0 saturated carbocycles. The molecule has 25 heavy (non-hydrogen) atoms.